The molecule has 1 N–H and O–H groups in total. The summed E-state index contributed by atoms with van der Waals surface area (Å²) in [5.74, 6) is 1.98. The van der Waals surface area contributed by atoms with Crippen LogP contribution in [0.15, 0.2) is 48.7 Å². The number of aromatic nitrogens is 1. The summed E-state index contributed by atoms with van der Waals surface area (Å²) >= 11 is 0. The summed E-state index contributed by atoms with van der Waals surface area (Å²) < 4.78 is 5.68. The predicted molar refractivity (Wildman–Crippen MR) is 125 cm³/mol. The molecule has 0 spiro atoms. The van der Waals surface area contributed by atoms with E-state index in [1.54, 1.807) is 6.20 Å². The summed E-state index contributed by atoms with van der Waals surface area (Å²) in [4.78, 5) is 33.7. The number of hydrogen-bond acceptors (Lipinski definition) is 5. The summed E-state index contributed by atoms with van der Waals surface area (Å²) in [6, 6.07) is 13.6. The van der Waals surface area contributed by atoms with Crippen LogP contribution in [0.2, 0.25) is 0 Å². The van der Waals surface area contributed by atoms with Crippen LogP contribution in [0.1, 0.15) is 33.1 Å². The Morgan fingerprint density at radius 3 is 2.66 bits per heavy atom. The third-order valence-corrected chi connectivity index (χ3v) is 6.32. The lowest BCUT2D eigenvalue weighted by molar-refractivity contribution is -0.132. The zero-order chi connectivity index (χ0) is 22.5. The number of amides is 2. The zero-order valence-corrected chi connectivity index (χ0v) is 18.9. The van der Waals surface area contributed by atoms with E-state index in [4.69, 9.17) is 4.74 Å². The molecule has 2 fully saturated rings. The molecule has 2 atom stereocenters. The van der Waals surface area contributed by atoms with E-state index >= 15 is 0 Å². The van der Waals surface area contributed by atoms with Crippen LogP contribution in [-0.2, 0) is 9.59 Å². The Bertz CT molecular complexity index is 917. The molecule has 3 heterocycles. The second-order valence-electron chi connectivity index (χ2n) is 8.97. The van der Waals surface area contributed by atoms with Gasteiger partial charge in [-0.2, -0.15) is 0 Å². The predicted octanol–water partition coefficient (Wildman–Crippen LogP) is 3.57. The second-order valence-corrected chi connectivity index (χ2v) is 8.97. The number of fused-ring (bicyclic) bond motifs is 1. The molecule has 4 rings (SSSR count). The number of hydrogen-bond donors (Lipinski definition) is 1. The van der Waals surface area contributed by atoms with Crippen LogP contribution in [-0.4, -0.2) is 54.0 Å². The Morgan fingerprint density at radius 2 is 1.94 bits per heavy atom. The first-order valence-corrected chi connectivity index (χ1v) is 11.5. The molecule has 32 heavy (non-hydrogen) atoms. The first-order chi connectivity index (χ1) is 15.5. The second kappa shape index (κ2) is 10.0. The maximum Gasteiger partial charge on any atom is 0.260 e. The standard InChI is InChI=1S/C25H32N4O3/c1-18(2)25(31)27-20-11-12-23(26-14-20)29-13-7-6-8-19-15-28(16-22(19)29)24(30)17-32-21-9-4-3-5-10-21/h3-5,9-12,14,18-19,22H,6-8,13,15-17H2,1-2H3,(H,27,31)/t19-,22+/m1/s1. The van der Waals surface area contributed by atoms with Crippen LogP contribution in [0.25, 0.3) is 0 Å². The van der Waals surface area contributed by atoms with E-state index in [2.05, 4.69) is 15.2 Å². The van der Waals surface area contributed by atoms with E-state index in [1.807, 2.05) is 61.2 Å². The van der Waals surface area contributed by atoms with Crippen LogP contribution < -0.4 is 15.0 Å². The summed E-state index contributed by atoms with van der Waals surface area (Å²) in [6.07, 6.45) is 5.11. The van der Waals surface area contributed by atoms with E-state index in [1.165, 1.54) is 0 Å². The van der Waals surface area contributed by atoms with Crippen molar-refractivity contribution in [2.24, 2.45) is 11.8 Å². The van der Waals surface area contributed by atoms with Crippen molar-refractivity contribution in [2.75, 3.05) is 36.5 Å². The van der Waals surface area contributed by atoms with Gasteiger partial charge in [-0.25, -0.2) is 4.98 Å². The van der Waals surface area contributed by atoms with E-state index in [-0.39, 0.29) is 30.4 Å². The van der Waals surface area contributed by atoms with Gasteiger partial charge in [0.25, 0.3) is 5.91 Å². The van der Waals surface area contributed by atoms with Crippen molar-refractivity contribution in [1.82, 2.24) is 9.88 Å². The molecule has 2 aromatic rings. The van der Waals surface area contributed by atoms with Crippen molar-refractivity contribution in [2.45, 2.75) is 39.2 Å². The molecule has 1 aromatic carbocycles. The van der Waals surface area contributed by atoms with E-state index in [0.717, 1.165) is 38.2 Å². The normalized spacial score (nSPS) is 20.6. The molecule has 0 radical (unpaired) electrons. The van der Waals surface area contributed by atoms with Gasteiger partial charge in [0, 0.05) is 25.6 Å². The molecule has 0 saturated carbocycles. The first kappa shape index (κ1) is 22.1. The van der Waals surface area contributed by atoms with Gasteiger partial charge in [0.1, 0.15) is 11.6 Å². The van der Waals surface area contributed by atoms with Gasteiger partial charge in [0.2, 0.25) is 5.91 Å². The minimum absolute atomic E-state index is 0.0166. The van der Waals surface area contributed by atoms with Crippen LogP contribution in [0.5, 0.6) is 5.75 Å². The monoisotopic (exact) mass is 436 g/mol. The molecule has 1 aromatic heterocycles. The smallest absolute Gasteiger partial charge is 0.260 e. The molecular formula is C25H32N4O3. The summed E-state index contributed by atoms with van der Waals surface area (Å²) in [6.45, 7) is 6.18. The third-order valence-electron chi connectivity index (χ3n) is 6.32. The van der Waals surface area contributed by atoms with Gasteiger partial charge < -0.3 is 19.9 Å². The number of para-hydroxylation sites is 1. The molecule has 7 nitrogen and oxygen atoms in total. The largest absolute Gasteiger partial charge is 0.484 e. The van der Waals surface area contributed by atoms with Gasteiger partial charge in [-0.05, 0) is 43.0 Å². The molecule has 2 aliphatic rings. The molecule has 0 aliphatic carbocycles. The number of rotatable bonds is 6. The van der Waals surface area contributed by atoms with Crippen LogP contribution >= 0.6 is 0 Å². The van der Waals surface area contributed by atoms with E-state index in [0.29, 0.717) is 23.9 Å². The number of benzene rings is 1. The SMILES string of the molecule is CC(C)C(=O)Nc1ccc(N2CCCC[C@@H]3CN(C(=O)COc4ccccc4)C[C@@H]32)nc1. The number of carbonyl (C=O) groups is 2. The molecule has 0 bridgehead atoms. The van der Waals surface area contributed by atoms with E-state index < -0.39 is 0 Å². The van der Waals surface area contributed by atoms with Gasteiger partial charge in [-0.15, -0.1) is 0 Å². The van der Waals surface area contributed by atoms with Gasteiger partial charge in [-0.3, -0.25) is 9.59 Å². The minimum Gasteiger partial charge on any atom is -0.484 e. The lowest BCUT2D eigenvalue weighted by Gasteiger charge is -2.31. The van der Waals surface area contributed by atoms with Crippen molar-refractivity contribution in [1.29, 1.82) is 0 Å². The van der Waals surface area contributed by atoms with Crippen molar-refractivity contribution in [3.8, 4) is 5.75 Å². The average Bonchev–Trinajstić information content (AvgIpc) is 3.13. The Kier molecular flexibility index (Phi) is 6.93. The highest BCUT2D eigenvalue weighted by atomic mass is 16.5. The Morgan fingerprint density at radius 1 is 1.12 bits per heavy atom. The fourth-order valence-corrected chi connectivity index (χ4v) is 4.50. The Balaban J connectivity index is 1.40. The number of pyridine rings is 1. The zero-order valence-electron chi connectivity index (χ0n) is 18.9. The Labute approximate surface area is 189 Å². The number of carbonyl (C=O) groups excluding carboxylic acids is 2. The van der Waals surface area contributed by atoms with Gasteiger partial charge in [0.15, 0.2) is 6.61 Å². The minimum atomic E-state index is -0.0751. The number of anilines is 2. The van der Waals surface area contributed by atoms with Crippen molar-refractivity contribution in [3.63, 3.8) is 0 Å². The van der Waals surface area contributed by atoms with Crippen LogP contribution in [0.4, 0.5) is 11.5 Å². The fraction of sp³-hybridized carbons (Fsp3) is 0.480. The summed E-state index contributed by atoms with van der Waals surface area (Å²) in [5, 5.41) is 2.89. The average molecular weight is 437 g/mol. The maximum atomic E-state index is 12.8. The van der Waals surface area contributed by atoms with Gasteiger partial charge in [-0.1, -0.05) is 38.5 Å². The van der Waals surface area contributed by atoms with Crippen molar-refractivity contribution in [3.05, 3.63) is 48.7 Å². The Hall–Kier alpha value is -3.09. The van der Waals surface area contributed by atoms with Crippen LogP contribution in [0, 0.1) is 11.8 Å². The highest BCUT2D eigenvalue weighted by Gasteiger charge is 2.40. The van der Waals surface area contributed by atoms with Crippen molar-refractivity contribution >= 4 is 23.3 Å². The highest BCUT2D eigenvalue weighted by molar-refractivity contribution is 5.91. The van der Waals surface area contributed by atoms with Crippen LogP contribution in [0.3, 0.4) is 0 Å². The molecule has 0 unspecified atom stereocenters. The molecule has 2 amide bonds. The molecule has 170 valence electrons. The number of nitrogens with zero attached hydrogens (tertiary/aromatic N) is 3. The third kappa shape index (κ3) is 5.21. The molecule has 2 aliphatic heterocycles. The topological polar surface area (TPSA) is 74.8 Å². The summed E-state index contributed by atoms with van der Waals surface area (Å²) in [5.41, 5.74) is 0.708. The quantitative estimate of drug-likeness (QED) is 0.749. The lowest BCUT2D eigenvalue weighted by atomic mass is 9.98. The van der Waals surface area contributed by atoms with Gasteiger partial charge in [0.05, 0.1) is 17.9 Å². The fourth-order valence-electron chi connectivity index (χ4n) is 4.50. The maximum absolute atomic E-state index is 12.8. The number of likely N-dealkylation sites (tertiary alicyclic amines) is 1. The molecular weight excluding hydrogens is 404 g/mol. The first-order valence-electron chi connectivity index (χ1n) is 11.5. The molecule has 2 saturated heterocycles. The number of ether oxygens (including phenoxy) is 1. The van der Waals surface area contributed by atoms with Crippen molar-refractivity contribution < 1.29 is 14.3 Å². The highest BCUT2D eigenvalue weighted by Crippen LogP contribution is 2.33. The molecule has 7 heteroatoms. The summed E-state index contributed by atoms with van der Waals surface area (Å²) in [7, 11) is 0. The van der Waals surface area contributed by atoms with Gasteiger partial charge >= 0.3 is 0 Å². The van der Waals surface area contributed by atoms with E-state index in [9.17, 15) is 9.59 Å². The lowest BCUT2D eigenvalue weighted by Crippen LogP contribution is -2.42. The number of nitrogens with one attached hydrogen (secondary N) is 1.